The molecule has 1 saturated heterocycles. The average Bonchev–Trinajstić information content (AvgIpc) is 3.09. The maximum Gasteiger partial charge on any atom is 0.279 e. The molecule has 24 heavy (non-hydrogen) atoms. The van der Waals surface area contributed by atoms with E-state index in [1.807, 2.05) is 0 Å². The zero-order valence-corrected chi connectivity index (χ0v) is 15.9. The molecule has 2 aliphatic rings. The molecule has 1 aliphatic carbocycles. The minimum absolute atomic E-state index is 0.0129. The molecule has 1 aromatic carbocycles. The lowest BCUT2D eigenvalue weighted by molar-refractivity contribution is 0.231. The molecule has 1 aliphatic heterocycles. The molecule has 1 fully saturated rings. The predicted octanol–water partition coefficient (Wildman–Crippen LogP) is 1.51. The van der Waals surface area contributed by atoms with Gasteiger partial charge in [0.25, 0.3) is 10.2 Å². The van der Waals surface area contributed by atoms with Crippen LogP contribution in [0.2, 0.25) is 0 Å². The second kappa shape index (κ2) is 6.75. The summed E-state index contributed by atoms with van der Waals surface area (Å²) >= 11 is 0. The van der Waals surface area contributed by atoms with Gasteiger partial charge in [-0.25, -0.2) is 0 Å². The molecule has 0 unspecified atom stereocenters. The first-order valence-electron chi connectivity index (χ1n) is 8.78. The summed E-state index contributed by atoms with van der Waals surface area (Å²) in [5.41, 5.74) is 2.89. The molecule has 134 valence electrons. The number of likely N-dealkylation sites (tertiary alicyclic amines) is 1. The summed E-state index contributed by atoms with van der Waals surface area (Å²) in [5.74, 6) is 0.803. The third kappa shape index (κ3) is 3.52. The summed E-state index contributed by atoms with van der Waals surface area (Å²) in [6.45, 7) is 6.15. The summed E-state index contributed by atoms with van der Waals surface area (Å²) in [4.78, 5) is 2.49. The Morgan fingerprint density at radius 3 is 2.21 bits per heavy atom. The number of nitrogens with one attached hydrogen (secondary N) is 1. The highest BCUT2D eigenvalue weighted by molar-refractivity contribution is 7.87. The van der Waals surface area contributed by atoms with Gasteiger partial charge in [-0.05, 0) is 35.8 Å². The van der Waals surface area contributed by atoms with Crippen LogP contribution < -0.4 is 4.72 Å². The van der Waals surface area contributed by atoms with Gasteiger partial charge < -0.3 is 0 Å². The SMILES string of the molecule is CC(C)[C@H]1CN(C2Cc3ccccc3C2)C[C@@H]1NS(=O)(=O)N(C)C. The van der Waals surface area contributed by atoms with Crippen molar-refractivity contribution in [3.05, 3.63) is 35.4 Å². The Morgan fingerprint density at radius 2 is 1.71 bits per heavy atom. The molecule has 0 amide bonds. The Kier molecular flexibility index (Phi) is 5.02. The molecule has 1 heterocycles. The zero-order chi connectivity index (χ0) is 17.5. The van der Waals surface area contributed by atoms with Crippen LogP contribution in [0, 0.1) is 11.8 Å². The van der Waals surface area contributed by atoms with Crippen molar-refractivity contribution < 1.29 is 8.42 Å². The molecule has 1 N–H and O–H groups in total. The molecule has 0 bridgehead atoms. The Labute approximate surface area is 146 Å². The van der Waals surface area contributed by atoms with E-state index in [1.165, 1.54) is 15.4 Å². The molecule has 6 heteroatoms. The van der Waals surface area contributed by atoms with Crippen molar-refractivity contribution in [1.29, 1.82) is 0 Å². The summed E-state index contributed by atoms with van der Waals surface area (Å²) in [5, 5.41) is 0. The number of rotatable bonds is 5. The second-order valence-electron chi connectivity index (χ2n) is 7.70. The van der Waals surface area contributed by atoms with E-state index in [1.54, 1.807) is 14.1 Å². The molecule has 1 aromatic rings. The minimum Gasteiger partial charge on any atom is -0.298 e. The van der Waals surface area contributed by atoms with Crippen molar-refractivity contribution >= 4 is 10.2 Å². The highest BCUT2D eigenvalue weighted by atomic mass is 32.2. The first kappa shape index (κ1) is 17.9. The van der Waals surface area contributed by atoms with Crippen molar-refractivity contribution in [2.45, 2.75) is 38.8 Å². The Hall–Kier alpha value is -0.950. The van der Waals surface area contributed by atoms with E-state index in [4.69, 9.17) is 0 Å². The van der Waals surface area contributed by atoms with Crippen LogP contribution in [0.1, 0.15) is 25.0 Å². The fraction of sp³-hybridized carbons (Fsp3) is 0.667. The zero-order valence-electron chi connectivity index (χ0n) is 15.1. The molecule has 5 nitrogen and oxygen atoms in total. The molecular formula is C18H29N3O2S. The Morgan fingerprint density at radius 1 is 1.12 bits per heavy atom. The molecule has 0 spiro atoms. The van der Waals surface area contributed by atoms with Gasteiger partial charge in [0, 0.05) is 39.3 Å². The van der Waals surface area contributed by atoms with Crippen LogP contribution in [-0.4, -0.2) is 56.9 Å². The molecule has 0 saturated carbocycles. The van der Waals surface area contributed by atoms with Crippen molar-refractivity contribution in [1.82, 2.24) is 13.9 Å². The number of hydrogen-bond acceptors (Lipinski definition) is 3. The maximum atomic E-state index is 12.3. The third-order valence-corrected chi connectivity index (χ3v) is 7.14. The van der Waals surface area contributed by atoms with Crippen molar-refractivity contribution in [2.75, 3.05) is 27.2 Å². The summed E-state index contributed by atoms with van der Waals surface area (Å²) in [7, 11) is -0.239. The lowest BCUT2D eigenvalue weighted by Gasteiger charge is -2.24. The molecular weight excluding hydrogens is 322 g/mol. The average molecular weight is 352 g/mol. The van der Waals surface area contributed by atoms with Crippen LogP contribution >= 0.6 is 0 Å². The second-order valence-corrected chi connectivity index (χ2v) is 9.62. The quantitative estimate of drug-likeness (QED) is 0.875. The summed E-state index contributed by atoms with van der Waals surface area (Å²) < 4.78 is 28.7. The van der Waals surface area contributed by atoms with E-state index in [2.05, 4.69) is 47.7 Å². The molecule has 2 atom stereocenters. The van der Waals surface area contributed by atoms with E-state index in [-0.39, 0.29) is 6.04 Å². The number of fused-ring (bicyclic) bond motifs is 1. The van der Waals surface area contributed by atoms with Crippen molar-refractivity contribution in [3.63, 3.8) is 0 Å². The van der Waals surface area contributed by atoms with Crippen LogP contribution in [0.4, 0.5) is 0 Å². The monoisotopic (exact) mass is 351 g/mol. The van der Waals surface area contributed by atoms with Crippen LogP contribution in [0.3, 0.4) is 0 Å². The molecule has 0 aromatic heterocycles. The van der Waals surface area contributed by atoms with E-state index in [9.17, 15) is 8.42 Å². The van der Waals surface area contributed by atoms with Gasteiger partial charge in [0.1, 0.15) is 0 Å². The Balaban J connectivity index is 1.72. The minimum atomic E-state index is -3.39. The van der Waals surface area contributed by atoms with Gasteiger partial charge in [0.15, 0.2) is 0 Å². The molecule has 3 rings (SSSR count). The molecule has 0 radical (unpaired) electrons. The fourth-order valence-corrected chi connectivity index (χ4v) is 4.89. The smallest absolute Gasteiger partial charge is 0.279 e. The van der Waals surface area contributed by atoms with Crippen LogP contribution in [0.5, 0.6) is 0 Å². The van der Waals surface area contributed by atoms with Crippen molar-refractivity contribution in [2.24, 2.45) is 11.8 Å². The van der Waals surface area contributed by atoms with E-state index < -0.39 is 10.2 Å². The van der Waals surface area contributed by atoms with Gasteiger partial charge in [0.05, 0.1) is 0 Å². The van der Waals surface area contributed by atoms with Crippen LogP contribution in [0.25, 0.3) is 0 Å². The topological polar surface area (TPSA) is 52.7 Å². The lowest BCUT2D eigenvalue weighted by Crippen LogP contribution is -2.47. The first-order valence-corrected chi connectivity index (χ1v) is 10.2. The Bertz CT molecular complexity index is 662. The highest BCUT2D eigenvalue weighted by Crippen LogP contribution is 2.32. The largest absolute Gasteiger partial charge is 0.298 e. The van der Waals surface area contributed by atoms with E-state index >= 15 is 0 Å². The van der Waals surface area contributed by atoms with Gasteiger partial charge >= 0.3 is 0 Å². The predicted molar refractivity (Wildman–Crippen MR) is 97.1 cm³/mol. The highest BCUT2D eigenvalue weighted by Gasteiger charge is 2.41. The normalized spacial score (nSPS) is 25.8. The standard InChI is InChI=1S/C18H29N3O2S/c1-13(2)17-11-21(12-18(17)19-24(22,23)20(3)4)16-9-14-7-5-6-8-15(14)10-16/h5-8,13,16-19H,9-12H2,1-4H3/t17-,18+/m1/s1. The fourth-order valence-electron chi connectivity index (χ4n) is 4.05. The van der Waals surface area contributed by atoms with Crippen molar-refractivity contribution in [3.8, 4) is 0 Å². The van der Waals surface area contributed by atoms with Crippen LogP contribution in [-0.2, 0) is 23.1 Å². The summed E-state index contributed by atoms with van der Waals surface area (Å²) in [6, 6.07) is 9.14. The third-order valence-electron chi connectivity index (χ3n) is 5.58. The van der Waals surface area contributed by atoms with E-state index in [0.717, 1.165) is 25.9 Å². The van der Waals surface area contributed by atoms with Gasteiger partial charge in [-0.2, -0.15) is 17.4 Å². The number of hydrogen-bond donors (Lipinski definition) is 1. The number of benzene rings is 1. The van der Waals surface area contributed by atoms with Gasteiger partial charge in [-0.3, -0.25) is 4.90 Å². The van der Waals surface area contributed by atoms with Gasteiger partial charge in [-0.15, -0.1) is 0 Å². The first-order chi connectivity index (χ1) is 11.3. The number of nitrogens with zero attached hydrogens (tertiary/aromatic N) is 2. The van der Waals surface area contributed by atoms with Crippen LogP contribution in [0.15, 0.2) is 24.3 Å². The van der Waals surface area contributed by atoms with Gasteiger partial charge in [0.2, 0.25) is 0 Å². The van der Waals surface area contributed by atoms with Gasteiger partial charge in [-0.1, -0.05) is 38.1 Å². The lowest BCUT2D eigenvalue weighted by atomic mass is 9.92. The maximum absolute atomic E-state index is 12.3. The summed E-state index contributed by atoms with van der Waals surface area (Å²) in [6.07, 6.45) is 2.16. The van der Waals surface area contributed by atoms with E-state index in [0.29, 0.717) is 17.9 Å².